The average Bonchev–Trinajstić information content (AvgIpc) is 2.74. The van der Waals surface area contributed by atoms with Crippen LogP contribution in [0, 0.1) is 5.92 Å². The maximum Gasteiger partial charge on any atom is 0.387 e. The first-order chi connectivity index (χ1) is 14.8. The number of carbonyl (C=O) groups excluding carboxylic acids is 1. The van der Waals surface area contributed by atoms with Crippen LogP contribution < -0.4 is 14.8 Å². The van der Waals surface area contributed by atoms with Gasteiger partial charge in [-0.25, -0.2) is 8.42 Å². The van der Waals surface area contributed by atoms with Crippen LogP contribution in [0.3, 0.4) is 0 Å². The molecule has 10 heteroatoms. The van der Waals surface area contributed by atoms with Crippen LogP contribution in [0.4, 0.5) is 14.5 Å². The van der Waals surface area contributed by atoms with Gasteiger partial charge < -0.3 is 14.8 Å². The fourth-order valence-electron chi connectivity index (χ4n) is 3.38. The summed E-state index contributed by atoms with van der Waals surface area (Å²) in [4.78, 5) is 12.7. The monoisotopic (exact) mass is 454 g/mol. The number of rotatable bonds is 8. The molecule has 1 heterocycles. The van der Waals surface area contributed by atoms with E-state index in [1.165, 1.54) is 34.6 Å². The second-order valence-electron chi connectivity index (χ2n) is 6.98. The molecule has 1 aliphatic rings. The second kappa shape index (κ2) is 10.1. The first-order valence-electron chi connectivity index (χ1n) is 9.88. The summed E-state index contributed by atoms with van der Waals surface area (Å²) in [6, 6.07) is 12.0. The Bertz CT molecular complexity index is 991. The lowest BCUT2D eigenvalue weighted by atomic mass is 9.97. The number of sulfonamides is 1. The molecule has 3 rings (SSSR count). The van der Waals surface area contributed by atoms with E-state index in [0.29, 0.717) is 30.9 Å². The van der Waals surface area contributed by atoms with Gasteiger partial charge in [0.1, 0.15) is 11.5 Å². The number of nitrogens with one attached hydrogen (secondary N) is 1. The Morgan fingerprint density at radius 2 is 1.81 bits per heavy atom. The minimum absolute atomic E-state index is 0.0518. The molecular formula is C21H24F2N2O5S. The van der Waals surface area contributed by atoms with Gasteiger partial charge in [0.25, 0.3) is 0 Å². The van der Waals surface area contributed by atoms with Gasteiger partial charge in [-0.2, -0.15) is 13.1 Å². The first-order valence-corrected chi connectivity index (χ1v) is 11.3. The zero-order chi connectivity index (χ0) is 22.4. The van der Waals surface area contributed by atoms with E-state index < -0.39 is 16.6 Å². The van der Waals surface area contributed by atoms with E-state index in [9.17, 15) is 22.0 Å². The molecule has 2 aromatic carbocycles. The molecule has 2 aromatic rings. The van der Waals surface area contributed by atoms with Gasteiger partial charge in [0, 0.05) is 30.8 Å². The van der Waals surface area contributed by atoms with Crippen LogP contribution in [0.1, 0.15) is 19.8 Å². The summed E-state index contributed by atoms with van der Waals surface area (Å²) in [5.41, 5.74) is 0.340. The number of ether oxygens (including phenoxy) is 2. The van der Waals surface area contributed by atoms with Gasteiger partial charge in [-0.3, -0.25) is 4.79 Å². The number of piperidine rings is 1. The number of nitrogens with zero attached hydrogens (tertiary/aromatic N) is 1. The van der Waals surface area contributed by atoms with Crippen molar-refractivity contribution in [1.82, 2.24) is 4.31 Å². The quantitative estimate of drug-likeness (QED) is 0.657. The Hall–Kier alpha value is -2.72. The van der Waals surface area contributed by atoms with Crippen molar-refractivity contribution in [2.24, 2.45) is 5.92 Å². The molecule has 0 aromatic heterocycles. The van der Waals surface area contributed by atoms with Crippen molar-refractivity contribution in [3.63, 3.8) is 0 Å². The van der Waals surface area contributed by atoms with Crippen molar-refractivity contribution in [2.45, 2.75) is 31.3 Å². The lowest BCUT2D eigenvalue weighted by molar-refractivity contribution is -0.120. The average molecular weight is 454 g/mol. The molecule has 1 N–H and O–H groups in total. The third-order valence-corrected chi connectivity index (χ3v) is 6.84. The Morgan fingerprint density at radius 1 is 1.13 bits per heavy atom. The van der Waals surface area contributed by atoms with Crippen molar-refractivity contribution >= 4 is 21.6 Å². The van der Waals surface area contributed by atoms with Crippen LogP contribution in [0.2, 0.25) is 0 Å². The largest absolute Gasteiger partial charge is 0.494 e. The third-order valence-electron chi connectivity index (χ3n) is 4.92. The highest BCUT2D eigenvalue weighted by Gasteiger charge is 2.32. The van der Waals surface area contributed by atoms with Crippen LogP contribution in [-0.4, -0.2) is 44.9 Å². The summed E-state index contributed by atoms with van der Waals surface area (Å²) in [6.45, 7) is -0.193. The second-order valence-corrected chi connectivity index (χ2v) is 8.92. The molecule has 168 valence electrons. The fourth-order valence-corrected chi connectivity index (χ4v) is 4.85. The van der Waals surface area contributed by atoms with Crippen molar-refractivity contribution < 1.29 is 31.5 Å². The summed E-state index contributed by atoms with van der Waals surface area (Å²) < 4.78 is 61.4. The summed E-state index contributed by atoms with van der Waals surface area (Å²) >= 11 is 0. The Morgan fingerprint density at radius 3 is 2.42 bits per heavy atom. The lowest BCUT2D eigenvalue weighted by Gasteiger charge is -2.30. The topological polar surface area (TPSA) is 84.9 Å². The standard InChI is InChI=1S/C21H24F2N2O5S/c1-2-29-17-6-8-19(9-7-17)31(27,28)25-12-10-15(11-13-25)20(26)24-16-4-3-5-18(14-16)30-21(22)23/h3-9,14-15,21H,2,10-13H2,1H3,(H,24,26). The number of benzene rings is 2. The number of hydrogen-bond donors (Lipinski definition) is 1. The molecule has 0 saturated carbocycles. The van der Waals surface area contributed by atoms with E-state index in [0.717, 1.165) is 0 Å². The maximum absolute atomic E-state index is 12.9. The Kier molecular flexibility index (Phi) is 7.45. The van der Waals surface area contributed by atoms with Crippen molar-refractivity contribution in [2.75, 3.05) is 25.0 Å². The highest BCUT2D eigenvalue weighted by molar-refractivity contribution is 7.89. The summed E-state index contributed by atoms with van der Waals surface area (Å²) in [6.07, 6.45) is 0.713. The molecule has 7 nitrogen and oxygen atoms in total. The molecule has 0 aliphatic carbocycles. The molecule has 1 saturated heterocycles. The Balaban J connectivity index is 1.58. The van der Waals surface area contributed by atoms with E-state index in [-0.39, 0.29) is 35.6 Å². The molecule has 0 spiro atoms. The predicted octanol–water partition coefficient (Wildman–Crippen LogP) is 3.73. The molecule has 1 amide bonds. The van der Waals surface area contributed by atoms with Crippen LogP contribution in [-0.2, 0) is 14.8 Å². The molecule has 0 bridgehead atoms. The molecule has 0 radical (unpaired) electrons. The van der Waals surface area contributed by atoms with Crippen molar-refractivity contribution in [3.8, 4) is 11.5 Å². The number of hydrogen-bond acceptors (Lipinski definition) is 5. The van der Waals surface area contributed by atoms with Crippen LogP contribution in [0.15, 0.2) is 53.4 Å². The van der Waals surface area contributed by atoms with E-state index in [4.69, 9.17) is 4.74 Å². The lowest BCUT2D eigenvalue weighted by Crippen LogP contribution is -2.41. The van der Waals surface area contributed by atoms with Crippen LogP contribution in [0.25, 0.3) is 0 Å². The predicted molar refractivity (Wildman–Crippen MR) is 111 cm³/mol. The first kappa shape index (κ1) is 23.0. The number of carbonyl (C=O) groups is 1. The van der Waals surface area contributed by atoms with Gasteiger partial charge in [-0.1, -0.05) is 6.07 Å². The zero-order valence-corrected chi connectivity index (χ0v) is 17.8. The van der Waals surface area contributed by atoms with E-state index in [1.54, 1.807) is 18.2 Å². The van der Waals surface area contributed by atoms with Gasteiger partial charge in [0.2, 0.25) is 15.9 Å². The molecule has 0 atom stereocenters. The van der Waals surface area contributed by atoms with E-state index in [1.807, 2.05) is 6.92 Å². The van der Waals surface area contributed by atoms with E-state index >= 15 is 0 Å². The molecule has 1 aliphatic heterocycles. The third kappa shape index (κ3) is 5.92. The van der Waals surface area contributed by atoms with Gasteiger partial charge in [-0.15, -0.1) is 0 Å². The molecule has 31 heavy (non-hydrogen) atoms. The van der Waals surface area contributed by atoms with Crippen LogP contribution in [0.5, 0.6) is 11.5 Å². The summed E-state index contributed by atoms with van der Waals surface area (Å²) in [5.74, 6) is -0.123. The van der Waals surface area contributed by atoms with Crippen LogP contribution >= 0.6 is 0 Å². The smallest absolute Gasteiger partial charge is 0.387 e. The number of amides is 1. The number of halogens is 2. The Labute approximate surface area is 180 Å². The highest BCUT2D eigenvalue weighted by Crippen LogP contribution is 2.27. The van der Waals surface area contributed by atoms with Gasteiger partial charge >= 0.3 is 6.61 Å². The molecule has 1 fully saturated rings. The highest BCUT2D eigenvalue weighted by atomic mass is 32.2. The fraction of sp³-hybridized carbons (Fsp3) is 0.381. The van der Waals surface area contributed by atoms with Gasteiger partial charge in [0.15, 0.2) is 0 Å². The minimum Gasteiger partial charge on any atom is -0.494 e. The molecular weight excluding hydrogens is 430 g/mol. The normalized spacial score (nSPS) is 15.6. The summed E-state index contributed by atoms with van der Waals surface area (Å²) in [5, 5.41) is 2.68. The van der Waals surface area contributed by atoms with E-state index in [2.05, 4.69) is 10.1 Å². The summed E-state index contributed by atoms with van der Waals surface area (Å²) in [7, 11) is -3.66. The van der Waals surface area contributed by atoms with Gasteiger partial charge in [-0.05, 0) is 56.2 Å². The number of anilines is 1. The van der Waals surface area contributed by atoms with Crippen molar-refractivity contribution in [1.29, 1.82) is 0 Å². The SMILES string of the molecule is CCOc1ccc(S(=O)(=O)N2CCC(C(=O)Nc3cccc(OC(F)F)c3)CC2)cc1. The molecule has 0 unspecified atom stereocenters. The maximum atomic E-state index is 12.9. The van der Waals surface area contributed by atoms with Crippen molar-refractivity contribution in [3.05, 3.63) is 48.5 Å². The van der Waals surface area contributed by atoms with Gasteiger partial charge in [0.05, 0.1) is 11.5 Å². The zero-order valence-electron chi connectivity index (χ0n) is 17.0. The minimum atomic E-state index is -3.66. The number of alkyl halides is 2.